The van der Waals surface area contributed by atoms with Gasteiger partial charge < -0.3 is 9.88 Å². The smallest absolute Gasteiger partial charge is 0.332 e. The quantitative estimate of drug-likeness (QED) is 0.453. The van der Waals surface area contributed by atoms with E-state index in [1.807, 2.05) is 0 Å². The van der Waals surface area contributed by atoms with Gasteiger partial charge in [-0.2, -0.15) is 0 Å². The summed E-state index contributed by atoms with van der Waals surface area (Å²) in [6.45, 7) is 1.59. The van der Waals surface area contributed by atoms with Crippen LogP contribution < -0.4 is 10.7 Å². The highest BCUT2D eigenvalue weighted by Gasteiger charge is 2.19. The number of aromatic nitrogens is 1. The zero-order valence-electron chi connectivity index (χ0n) is 9.46. The Labute approximate surface area is 98.4 Å². The van der Waals surface area contributed by atoms with Crippen LogP contribution >= 0.6 is 0 Å². The lowest BCUT2D eigenvalue weighted by Gasteiger charge is -2.06. The van der Waals surface area contributed by atoms with Crippen LogP contribution in [0.4, 0.5) is 5.69 Å². The monoisotopic (exact) mass is 237 g/mol. The van der Waals surface area contributed by atoms with E-state index >= 15 is 0 Å². The molecule has 6 nitrogen and oxygen atoms in total. The first kappa shape index (κ1) is 11.8. The Kier molecular flexibility index (Phi) is 3.53. The van der Waals surface area contributed by atoms with Gasteiger partial charge in [-0.15, -0.1) is 0 Å². The van der Waals surface area contributed by atoms with Crippen LogP contribution in [0.3, 0.4) is 0 Å². The molecule has 0 radical (unpaired) electrons. The maximum atomic E-state index is 11.2. The van der Waals surface area contributed by atoms with Gasteiger partial charge in [-0.3, -0.25) is 14.9 Å². The van der Waals surface area contributed by atoms with Crippen molar-refractivity contribution in [3.8, 4) is 0 Å². The van der Waals surface area contributed by atoms with Crippen LogP contribution in [0, 0.1) is 10.1 Å². The Morgan fingerprint density at radius 2 is 2.29 bits per heavy atom. The van der Waals surface area contributed by atoms with Crippen LogP contribution in [-0.4, -0.2) is 22.1 Å². The molecule has 0 saturated heterocycles. The molecule has 0 bridgehead atoms. The number of hydrogen-bond acceptors (Lipinski definition) is 4. The summed E-state index contributed by atoms with van der Waals surface area (Å²) in [4.78, 5) is 21.1. The molecular formula is C11H15N3O3. The van der Waals surface area contributed by atoms with E-state index in [0.717, 1.165) is 13.0 Å². The number of nitrogens with zero attached hydrogens (tertiary/aromatic N) is 2. The van der Waals surface area contributed by atoms with Crippen LogP contribution in [0.25, 0.3) is 0 Å². The van der Waals surface area contributed by atoms with Gasteiger partial charge in [-0.25, -0.2) is 0 Å². The zero-order valence-corrected chi connectivity index (χ0v) is 9.46. The van der Waals surface area contributed by atoms with Gasteiger partial charge >= 0.3 is 5.69 Å². The summed E-state index contributed by atoms with van der Waals surface area (Å²) >= 11 is 0. The van der Waals surface area contributed by atoms with E-state index in [9.17, 15) is 14.9 Å². The Balaban J connectivity index is 1.88. The first-order valence-corrected chi connectivity index (χ1v) is 5.74. The van der Waals surface area contributed by atoms with E-state index < -0.39 is 10.4 Å². The highest BCUT2D eigenvalue weighted by Crippen LogP contribution is 2.18. The lowest BCUT2D eigenvalue weighted by atomic mass is 10.3. The first-order chi connectivity index (χ1) is 8.16. The lowest BCUT2D eigenvalue weighted by molar-refractivity contribution is -0.386. The van der Waals surface area contributed by atoms with Gasteiger partial charge in [0.15, 0.2) is 0 Å². The minimum absolute atomic E-state index is 0.359. The van der Waals surface area contributed by atoms with Gasteiger partial charge in [0.1, 0.15) is 0 Å². The third kappa shape index (κ3) is 3.39. The number of nitro groups is 1. The van der Waals surface area contributed by atoms with Gasteiger partial charge in [0.25, 0.3) is 5.43 Å². The van der Waals surface area contributed by atoms with Crippen LogP contribution in [0.1, 0.15) is 19.3 Å². The number of nitrogens with one attached hydrogen (secondary N) is 1. The molecule has 0 atom stereocenters. The van der Waals surface area contributed by atoms with E-state index in [2.05, 4.69) is 5.32 Å². The molecule has 0 spiro atoms. The zero-order chi connectivity index (χ0) is 12.3. The van der Waals surface area contributed by atoms with E-state index in [1.54, 1.807) is 10.8 Å². The fraction of sp³-hybridized carbons (Fsp3) is 0.545. The van der Waals surface area contributed by atoms with Crippen molar-refractivity contribution in [2.45, 2.75) is 31.8 Å². The predicted octanol–water partition coefficient (Wildman–Crippen LogP) is 0.899. The molecule has 17 heavy (non-hydrogen) atoms. The molecule has 6 heteroatoms. The van der Waals surface area contributed by atoms with Crippen molar-refractivity contribution in [3.63, 3.8) is 0 Å². The highest BCUT2D eigenvalue weighted by molar-refractivity contribution is 5.25. The fourth-order valence-electron chi connectivity index (χ4n) is 1.64. The molecule has 1 aliphatic rings. The largest absolute Gasteiger partial charge is 0.348 e. The van der Waals surface area contributed by atoms with Gasteiger partial charge in [0, 0.05) is 24.8 Å². The Morgan fingerprint density at radius 3 is 2.94 bits per heavy atom. The van der Waals surface area contributed by atoms with Crippen molar-refractivity contribution in [1.29, 1.82) is 0 Å². The molecular weight excluding hydrogens is 222 g/mol. The molecule has 0 aliphatic heterocycles. The van der Waals surface area contributed by atoms with Crippen molar-refractivity contribution in [2.24, 2.45) is 0 Å². The van der Waals surface area contributed by atoms with Crippen LogP contribution in [0.2, 0.25) is 0 Å². The second kappa shape index (κ2) is 5.09. The standard InChI is InChI=1S/C11H15N3O3/c15-11-4-7-13(8-10(11)14(16)17)6-1-5-12-9-2-3-9/h4,7-9,12H,1-3,5-6H2. The number of pyridine rings is 1. The molecule has 0 unspecified atom stereocenters. The summed E-state index contributed by atoms with van der Waals surface area (Å²) < 4.78 is 1.69. The van der Waals surface area contributed by atoms with Crippen molar-refractivity contribution in [2.75, 3.05) is 6.54 Å². The van der Waals surface area contributed by atoms with Gasteiger partial charge in [-0.1, -0.05) is 0 Å². The molecule has 1 aromatic rings. The van der Waals surface area contributed by atoms with E-state index in [1.165, 1.54) is 25.1 Å². The third-order valence-electron chi connectivity index (χ3n) is 2.76. The molecule has 1 aromatic heterocycles. The van der Waals surface area contributed by atoms with Crippen molar-refractivity contribution < 1.29 is 4.92 Å². The molecule has 0 amide bonds. The Hall–Kier alpha value is -1.69. The fourth-order valence-corrected chi connectivity index (χ4v) is 1.64. The summed E-state index contributed by atoms with van der Waals surface area (Å²) in [6.07, 6.45) is 6.30. The molecule has 1 saturated carbocycles. The molecule has 92 valence electrons. The Morgan fingerprint density at radius 1 is 1.53 bits per heavy atom. The lowest BCUT2D eigenvalue weighted by Crippen LogP contribution is -2.19. The summed E-state index contributed by atoms with van der Waals surface area (Å²) in [7, 11) is 0. The Bertz CT molecular complexity index is 465. The minimum atomic E-state index is -0.638. The van der Waals surface area contributed by atoms with Crippen molar-refractivity contribution in [3.05, 3.63) is 38.8 Å². The first-order valence-electron chi connectivity index (χ1n) is 5.74. The number of hydrogen-bond donors (Lipinski definition) is 1. The molecule has 1 heterocycles. The van der Waals surface area contributed by atoms with Gasteiger partial charge in [-0.05, 0) is 25.8 Å². The summed E-state index contributed by atoms with van der Waals surface area (Å²) in [5.41, 5.74) is -0.898. The SMILES string of the molecule is O=c1ccn(CCCNC2CC2)cc1[N+](=O)[O-]. The average Bonchev–Trinajstić information content (AvgIpc) is 3.10. The minimum Gasteiger partial charge on any atom is -0.348 e. The van der Waals surface area contributed by atoms with Crippen LogP contribution in [-0.2, 0) is 6.54 Å². The topological polar surface area (TPSA) is 77.2 Å². The molecule has 1 aliphatic carbocycles. The van der Waals surface area contributed by atoms with E-state index in [0.29, 0.717) is 12.6 Å². The average molecular weight is 237 g/mol. The second-order valence-corrected chi connectivity index (χ2v) is 4.27. The number of aryl methyl sites for hydroxylation is 1. The summed E-state index contributed by atoms with van der Waals surface area (Å²) in [5, 5.41) is 13.9. The van der Waals surface area contributed by atoms with Crippen molar-refractivity contribution >= 4 is 5.69 Å². The maximum absolute atomic E-state index is 11.2. The highest BCUT2D eigenvalue weighted by atomic mass is 16.6. The molecule has 1 fully saturated rings. The van der Waals surface area contributed by atoms with Crippen molar-refractivity contribution in [1.82, 2.24) is 9.88 Å². The predicted molar refractivity (Wildman–Crippen MR) is 63.0 cm³/mol. The second-order valence-electron chi connectivity index (χ2n) is 4.27. The maximum Gasteiger partial charge on any atom is 0.332 e. The van der Waals surface area contributed by atoms with E-state index in [-0.39, 0.29) is 5.69 Å². The van der Waals surface area contributed by atoms with Gasteiger partial charge in [0.2, 0.25) is 0 Å². The van der Waals surface area contributed by atoms with Crippen LogP contribution in [0.5, 0.6) is 0 Å². The summed E-state index contributed by atoms with van der Waals surface area (Å²) in [5.74, 6) is 0. The van der Waals surface area contributed by atoms with Crippen LogP contribution in [0.15, 0.2) is 23.3 Å². The molecule has 2 rings (SSSR count). The number of rotatable bonds is 6. The molecule has 1 N–H and O–H groups in total. The van der Waals surface area contributed by atoms with E-state index in [4.69, 9.17) is 0 Å². The third-order valence-corrected chi connectivity index (χ3v) is 2.76. The van der Waals surface area contributed by atoms with Gasteiger partial charge in [0.05, 0.1) is 11.1 Å². The molecule has 0 aromatic carbocycles. The normalized spacial score (nSPS) is 14.8. The summed E-state index contributed by atoms with van der Waals surface area (Å²) in [6, 6.07) is 1.92.